The quantitative estimate of drug-likeness (QED) is 0.753. The Morgan fingerprint density at radius 2 is 1.85 bits per heavy atom. The van der Waals surface area contributed by atoms with Crippen LogP contribution in [-0.2, 0) is 13.0 Å². The van der Waals surface area contributed by atoms with Gasteiger partial charge in [0.15, 0.2) is 5.43 Å². The average Bonchev–Trinajstić information content (AvgIpc) is 2.66. The molecule has 2 aromatic heterocycles. The maximum Gasteiger partial charge on any atom is 0.261 e. The first-order chi connectivity index (χ1) is 13.0. The Morgan fingerprint density at radius 1 is 1.11 bits per heavy atom. The number of hydrogen-bond acceptors (Lipinski definition) is 3. The summed E-state index contributed by atoms with van der Waals surface area (Å²) < 4.78 is 2.00. The van der Waals surface area contributed by atoms with Crippen LogP contribution in [0, 0.1) is 13.8 Å². The maximum atomic E-state index is 12.9. The first kappa shape index (κ1) is 18.6. The Kier molecular flexibility index (Phi) is 5.50. The molecular weight excluding hydrogens is 338 g/mol. The Balaban J connectivity index is 2.04. The molecule has 5 heteroatoms. The van der Waals surface area contributed by atoms with Crippen molar-refractivity contribution in [2.24, 2.45) is 0 Å². The van der Waals surface area contributed by atoms with Gasteiger partial charge in [0.1, 0.15) is 5.56 Å². The lowest BCUT2D eigenvalue weighted by Crippen LogP contribution is -2.28. The van der Waals surface area contributed by atoms with Crippen molar-refractivity contribution < 1.29 is 4.79 Å². The van der Waals surface area contributed by atoms with Crippen molar-refractivity contribution in [1.82, 2.24) is 9.55 Å². The van der Waals surface area contributed by atoms with Gasteiger partial charge in [-0.15, -0.1) is 0 Å². The third kappa shape index (κ3) is 3.97. The molecule has 0 saturated heterocycles. The topological polar surface area (TPSA) is 64.0 Å². The van der Waals surface area contributed by atoms with E-state index >= 15 is 0 Å². The zero-order valence-corrected chi connectivity index (χ0v) is 15.8. The summed E-state index contributed by atoms with van der Waals surface area (Å²) in [4.78, 5) is 30.0. The maximum absolute atomic E-state index is 12.9. The molecule has 0 aliphatic heterocycles. The molecule has 0 spiro atoms. The summed E-state index contributed by atoms with van der Waals surface area (Å²) in [6, 6.07) is 14.8. The molecule has 27 heavy (non-hydrogen) atoms. The normalized spacial score (nSPS) is 10.6. The Labute approximate surface area is 158 Å². The molecule has 3 aromatic rings. The van der Waals surface area contributed by atoms with Gasteiger partial charge in [-0.2, -0.15) is 0 Å². The van der Waals surface area contributed by atoms with Crippen molar-refractivity contribution in [2.75, 3.05) is 5.32 Å². The number of nitrogens with one attached hydrogen (secondary N) is 1. The Hall–Kier alpha value is -3.21. The molecule has 1 N–H and O–H groups in total. The van der Waals surface area contributed by atoms with Gasteiger partial charge >= 0.3 is 0 Å². The lowest BCUT2D eigenvalue weighted by Gasteiger charge is -2.19. The zero-order valence-electron chi connectivity index (χ0n) is 15.8. The van der Waals surface area contributed by atoms with E-state index in [-0.39, 0.29) is 16.9 Å². The minimum atomic E-state index is -0.374. The molecule has 5 nitrogen and oxygen atoms in total. The first-order valence-electron chi connectivity index (χ1n) is 9.01. The monoisotopic (exact) mass is 361 g/mol. The van der Waals surface area contributed by atoms with Crippen molar-refractivity contribution in [3.8, 4) is 0 Å². The van der Waals surface area contributed by atoms with E-state index in [9.17, 15) is 9.59 Å². The van der Waals surface area contributed by atoms with Gasteiger partial charge < -0.3 is 9.88 Å². The number of aryl methyl sites for hydroxylation is 2. The fourth-order valence-corrected chi connectivity index (χ4v) is 3.21. The highest BCUT2D eigenvalue weighted by molar-refractivity contribution is 6.05. The molecule has 0 radical (unpaired) electrons. The molecule has 0 aliphatic carbocycles. The number of nitrogens with zero attached hydrogens (tertiary/aromatic N) is 2. The second kappa shape index (κ2) is 7.99. The van der Waals surface area contributed by atoms with Crippen molar-refractivity contribution >= 4 is 11.6 Å². The lowest BCUT2D eigenvalue weighted by atomic mass is 10.1. The molecule has 0 saturated carbocycles. The predicted molar refractivity (Wildman–Crippen MR) is 107 cm³/mol. The summed E-state index contributed by atoms with van der Waals surface area (Å²) >= 11 is 0. The summed E-state index contributed by atoms with van der Waals surface area (Å²) in [7, 11) is 0. The molecular formula is C22H23N3O2. The summed E-state index contributed by atoms with van der Waals surface area (Å²) in [6.07, 6.45) is 2.31. The fraction of sp³-hybridized carbons (Fsp3) is 0.227. The number of carbonyl (C=O) groups is 1. The second-order valence-electron chi connectivity index (χ2n) is 6.50. The van der Waals surface area contributed by atoms with E-state index in [0.29, 0.717) is 18.7 Å². The van der Waals surface area contributed by atoms with Gasteiger partial charge in [0.2, 0.25) is 0 Å². The molecule has 1 aromatic carbocycles. The van der Waals surface area contributed by atoms with Crippen LogP contribution in [0.15, 0.2) is 59.5 Å². The number of benzene rings is 1. The Bertz CT molecular complexity index is 1020. The van der Waals surface area contributed by atoms with E-state index in [0.717, 1.165) is 22.6 Å². The second-order valence-corrected chi connectivity index (χ2v) is 6.50. The van der Waals surface area contributed by atoms with Crippen LogP contribution in [-0.4, -0.2) is 15.5 Å². The number of carbonyl (C=O) groups excluding carboxylic acids is 1. The van der Waals surface area contributed by atoms with Crippen LogP contribution in [0.3, 0.4) is 0 Å². The summed E-state index contributed by atoms with van der Waals surface area (Å²) in [6.45, 7) is 6.27. The highest BCUT2D eigenvalue weighted by Crippen LogP contribution is 2.17. The number of pyridine rings is 2. The fourth-order valence-electron chi connectivity index (χ4n) is 3.21. The molecule has 3 rings (SSSR count). The van der Waals surface area contributed by atoms with Crippen LogP contribution in [0.25, 0.3) is 0 Å². The van der Waals surface area contributed by atoms with Gasteiger partial charge in [0.05, 0.1) is 12.2 Å². The van der Waals surface area contributed by atoms with Crippen molar-refractivity contribution in [1.29, 1.82) is 0 Å². The van der Waals surface area contributed by atoms with Crippen LogP contribution < -0.4 is 10.7 Å². The number of anilines is 1. The average molecular weight is 361 g/mol. The van der Waals surface area contributed by atoms with Gasteiger partial charge in [0.25, 0.3) is 5.91 Å². The third-order valence-corrected chi connectivity index (χ3v) is 4.63. The van der Waals surface area contributed by atoms with E-state index in [1.807, 2.05) is 67.8 Å². The van der Waals surface area contributed by atoms with Crippen LogP contribution in [0.2, 0.25) is 0 Å². The largest absolute Gasteiger partial charge is 0.342 e. The number of aromatic nitrogens is 2. The molecule has 2 heterocycles. The van der Waals surface area contributed by atoms with Crippen LogP contribution in [0.1, 0.15) is 39.9 Å². The van der Waals surface area contributed by atoms with Gasteiger partial charge in [-0.3, -0.25) is 14.6 Å². The SMILES string of the molecule is CCc1c(C(=O)Nc2ccccc2C)c(=O)cc(C)n1Cc1ccccn1. The van der Waals surface area contributed by atoms with E-state index in [4.69, 9.17) is 0 Å². The minimum absolute atomic E-state index is 0.197. The summed E-state index contributed by atoms with van der Waals surface area (Å²) in [5.74, 6) is -0.374. The molecule has 0 atom stereocenters. The van der Waals surface area contributed by atoms with Crippen LogP contribution >= 0.6 is 0 Å². The molecule has 0 bridgehead atoms. The van der Waals surface area contributed by atoms with Crippen molar-refractivity contribution in [2.45, 2.75) is 33.7 Å². The van der Waals surface area contributed by atoms with Crippen LogP contribution in [0.4, 0.5) is 5.69 Å². The van der Waals surface area contributed by atoms with E-state index in [1.54, 1.807) is 6.20 Å². The van der Waals surface area contributed by atoms with Crippen LogP contribution in [0.5, 0.6) is 0 Å². The minimum Gasteiger partial charge on any atom is -0.342 e. The smallest absolute Gasteiger partial charge is 0.261 e. The summed E-state index contributed by atoms with van der Waals surface area (Å²) in [5.41, 5.74) is 4.01. The standard InChI is InChI=1S/C22H23N3O2/c1-4-19-21(22(27)24-18-11-6-5-9-15(18)2)20(26)13-16(3)25(19)14-17-10-7-8-12-23-17/h5-13H,4,14H2,1-3H3,(H,24,27). The molecule has 0 unspecified atom stereocenters. The zero-order chi connectivity index (χ0) is 19.4. The van der Waals surface area contributed by atoms with E-state index < -0.39 is 0 Å². The molecule has 0 aliphatic rings. The van der Waals surface area contributed by atoms with Gasteiger partial charge in [-0.25, -0.2) is 0 Å². The van der Waals surface area contributed by atoms with E-state index in [1.165, 1.54) is 6.07 Å². The molecule has 1 amide bonds. The van der Waals surface area contributed by atoms with Crippen molar-refractivity contribution in [3.05, 3.63) is 93.2 Å². The number of amides is 1. The molecule has 138 valence electrons. The lowest BCUT2D eigenvalue weighted by molar-refractivity contribution is 0.102. The number of rotatable bonds is 5. The Morgan fingerprint density at radius 3 is 2.52 bits per heavy atom. The third-order valence-electron chi connectivity index (χ3n) is 4.63. The number of para-hydroxylation sites is 1. The van der Waals surface area contributed by atoms with E-state index in [2.05, 4.69) is 10.3 Å². The molecule has 0 fully saturated rings. The predicted octanol–water partition coefficient (Wildman–Crippen LogP) is 3.72. The highest BCUT2D eigenvalue weighted by atomic mass is 16.2. The highest BCUT2D eigenvalue weighted by Gasteiger charge is 2.20. The van der Waals surface area contributed by atoms with Crippen molar-refractivity contribution in [3.63, 3.8) is 0 Å². The summed E-state index contributed by atoms with van der Waals surface area (Å²) in [5, 5.41) is 2.88. The van der Waals surface area contributed by atoms with Gasteiger partial charge in [-0.05, 0) is 44.0 Å². The first-order valence-corrected chi connectivity index (χ1v) is 9.01. The van der Waals surface area contributed by atoms with Gasteiger partial charge in [-0.1, -0.05) is 31.2 Å². The van der Waals surface area contributed by atoms with Gasteiger partial charge in [0, 0.05) is 29.3 Å². The number of hydrogen-bond donors (Lipinski definition) is 1.